The molecular weight excluding hydrogens is 307 g/mol. The molecule has 0 fully saturated rings. The quantitative estimate of drug-likeness (QED) is 0.849. The summed E-state index contributed by atoms with van der Waals surface area (Å²) in [4.78, 5) is 5.24. The number of hydrogen-bond donors (Lipinski definition) is 0. The van der Waals surface area contributed by atoms with Crippen molar-refractivity contribution in [3.05, 3.63) is 42.1 Å². The highest BCUT2D eigenvalue weighted by Crippen LogP contribution is 2.47. The number of pyridine rings is 1. The van der Waals surface area contributed by atoms with E-state index in [1.54, 1.807) is 37.4 Å². The third kappa shape index (κ3) is 2.88. The highest BCUT2D eigenvalue weighted by Gasteiger charge is 2.51. The maximum absolute atomic E-state index is 13.3. The summed E-state index contributed by atoms with van der Waals surface area (Å²) in [6.45, 7) is 2.79. The minimum absolute atomic E-state index is 0.244. The molecule has 0 spiro atoms. The molecule has 1 aliphatic carbocycles. The molecule has 1 atom stereocenters. The van der Waals surface area contributed by atoms with E-state index in [4.69, 9.17) is 0 Å². The van der Waals surface area contributed by atoms with Crippen molar-refractivity contribution >= 4 is 5.70 Å². The predicted molar refractivity (Wildman–Crippen MR) is 77.9 cm³/mol. The van der Waals surface area contributed by atoms with Crippen LogP contribution < -0.4 is 0 Å². The second kappa shape index (κ2) is 5.29. The van der Waals surface area contributed by atoms with E-state index in [1.807, 2.05) is 0 Å². The Hall–Kier alpha value is -2.51. The molecule has 120 valence electrons. The van der Waals surface area contributed by atoms with Crippen molar-refractivity contribution < 1.29 is 13.2 Å². The molecule has 0 saturated carbocycles. The molecule has 0 aromatic carbocycles. The molecule has 0 radical (unpaired) electrons. The topological polar surface area (TPSA) is 56.5 Å². The summed E-state index contributed by atoms with van der Waals surface area (Å²) in [7, 11) is 0. The molecule has 1 unspecified atom stereocenters. The van der Waals surface area contributed by atoms with E-state index in [2.05, 4.69) is 20.4 Å². The third-order valence-corrected chi connectivity index (χ3v) is 3.70. The van der Waals surface area contributed by atoms with Gasteiger partial charge in [-0.05, 0) is 37.3 Å². The molecule has 0 saturated heterocycles. The van der Waals surface area contributed by atoms with Crippen LogP contribution in [0.5, 0.6) is 0 Å². The molecule has 3 rings (SSSR count). The zero-order chi connectivity index (χ0) is 16.7. The Kier molecular flexibility index (Phi) is 3.54. The van der Waals surface area contributed by atoms with Gasteiger partial charge in [0.15, 0.2) is 0 Å². The fourth-order valence-electron chi connectivity index (χ4n) is 2.53. The van der Waals surface area contributed by atoms with Crippen LogP contribution in [-0.4, -0.2) is 31.4 Å². The monoisotopic (exact) mass is 321 g/mol. The second-order valence-corrected chi connectivity index (χ2v) is 5.73. The number of halogens is 3. The molecule has 8 heteroatoms. The van der Waals surface area contributed by atoms with Crippen LogP contribution >= 0.6 is 0 Å². The van der Waals surface area contributed by atoms with Gasteiger partial charge in [0.25, 0.3) is 0 Å². The number of aromatic nitrogens is 5. The van der Waals surface area contributed by atoms with Crippen LogP contribution in [0.15, 0.2) is 42.1 Å². The van der Waals surface area contributed by atoms with Gasteiger partial charge in [-0.1, -0.05) is 17.7 Å². The molecule has 2 aromatic heterocycles. The van der Waals surface area contributed by atoms with Gasteiger partial charge in [0.05, 0.1) is 11.1 Å². The van der Waals surface area contributed by atoms with Crippen LogP contribution in [-0.2, 0) is 0 Å². The molecule has 0 amide bonds. The van der Waals surface area contributed by atoms with Gasteiger partial charge in [0, 0.05) is 12.6 Å². The number of nitrogens with zero attached hydrogens (tertiary/aromatic N) is 5. The maximum atomic E-state index is 13.3. The summed E-state index contributed by atoms with van der Waals surface area (Å²) in [6, 6.07) is 5.23. The summed E-state index contributed by atoms with van der Waals surface area (Å²) >= 11 is 0. The Morgan fingerprint density at radius 2 is 2.04 bits per heavy atom. The molecule has 23 heavy (non-hydrogen) atoms. The first kappa shape index (κ1) is 15.4. The van der Waals surface area contributed by atoms with Crippen molar-refractivity contribution in [1.82, 2.24) is 25.2 Å². The average Bonchev–Trinajstić information content (AvgIpc) is 2.96. The van der Waals surface area contributed by atoms with Crippen LogP contribution in [0.25, 0.3) is 17.2 Å². The van der Waals surface area contributed by atoms with Gasteiger partial charge in [-0.3, -0.25) is 4.98 Å². The fraction of sp³-hybridized carbons (Fsp3) is 0.333. The minimum atomic E-state index is -4.35. The summed E-state index contributed by atoms with van der Waals surface area (Å²) < 4.78 is 39.9. The van der Waals surface area contributed by atoms with Crippen LogP contribution in [0.2, 0.25) is 0 Å². The maximum Gasteiger partial charge on any atom is 0.397 e. The first-order valence-corrected chi connectivity index (χ1v) is 6.97. The zero-order valence-corrected chi connectivity index (χ0v) is 12.5. The Balaban J connectivity index is 1.94. The van der Waals surface area contributed by atoms with E-state index in [0.29, 0.717) is 17.0 Å². The molecule has 1 aliphatic rings. The van der Waals surface area contributed by atoms with Crippen molar-refractivity contribution in [2.45, 2.75) is 26.4 Å². The van der Waals surface area contributed by atoms with Crippen molar-refractivity contribution in [1.29, 1.82) is 0 Å². The van der Waals surface area contributed by atoms with Crippen LogP contribution in [0.1, 0.15) is 20.3 Å². The average molecular weight is 321 g/mol. The molecule has 5 nitrogen and oxygen atoms in total. The summed E-state index contributed by atoms with van der Waals surface area (Å²) in [6.07, 6.45) is -0.141. The largest absolute Gasteiger partial charge is 0.397 e. The summed E-state index contributed by atoms with van der Waals surface area (Å²) in [5.41, 5.74) is -0.566. The Bertz CT molecular complexity index is 776. The molecule has 0 bridgehead atoms. The van der Waals surface area contributed by atoms with Gasteiger partial charge in [0.2, 0.25) is 5.82 Å². The number of alkyl halides is 3. The lowest BCUT2D eigenvalue weighted by Crippen LogP contribution is -2.35. The summed E-state index contributed by atoms with van der Waals surface area (Å²) in [5.74, 6) is 0.271. The van der Waals surface area contributed by atoms with Gasteiger partial charge in [-0.15, -0.1) is 15.0 Å². The fourth-order valence-corrected chi connectivity index (χ4v) is 2.53. The van der Waals surface area contributed by atoms with Gasteiger partial charge >= 0.3 is 6.18 Å². The van der Waals surface area contributed by atoms with Crippen molar-refractivity contribution in [2.75, 3.05) is 0 Å². The van der Waals surface area contributed by atoms with Crippen LogP contribution in [0.4, 0.5) is 13.2 Å². The van der Waals surface area contributed by atoms with E-state index in [-0.39, 0.29) is 12.2 Å². The SMILES string of the molecule is CC1=CC(C)(C(F)(F)F)CC(n2nnc(-c3ccccn3)n2)=C1. The Morgan fingerprint density at radius 3 is 2.70 bits per heavy atom. The van der Waals surface area contributed by atoms with E-state index in [0.717, 1.165) is 4.80 Å². The minimum Gasteiger partial charge on any atom is -0.253 e. The van der Waals surface area contributed by atoms with E-state index >= 15 is 0 Å². The van der Waals surface area contributed by atoms with Crippen molar-refractivity contribution in [2.24, 2.45) is 5.41 Å². The van der Waals surface area contributed by atoms with Gasteiger partial charge in [-0.25, -0.2) is 0 Å². The van der Waals surface area contributed by atoms with Crippen molar-refractivity contribution in [3.63, 3.8) is 0 Å². The summed E-state index contributed by atoms with van der Waals surface area (Å²) in [5, 5.41) is 11.9. The highest BCUT2D eigenvalue weighted by atomic mass is 19.4. The lowest BCUT2D eigenvalue weighted by molar-refractivity contribution is -0.198. The predicted octanol–water partition coefficient (Wildman–Crippen LogP) is 3.49. The van der Waals surface area contributed by atoms with E-state index < -0.39 is 11.6 Å². The van der Waals surface area contributed by atoms with Gasteiger partial charge in [-0.2, -0.15) is 13.2 Å². The molecule has 0 aliphatic heterocycles. The zero-order valence-electron chi connectivity index (χ0n) is 12.5. The van der Waals surface area contributed by atoms with E-state index in [1.165, 1.54) is 13.0 Å². The van der Waals surface area contributed by atoms with Gasteiger partial charge < -0.3 is 0 Å². The number of hydrogen-bond acceptors (Lipinski definition) is 4. The van der Waals surface area contributed by atoms with E-state index in [9.17, 15) is 13.2 Å². The normalized spacial score (nSPS) is 21.8. The molecule has 2 aromatic rings. The standard InChI is InChI=1S/C15H14F3N5/c1-10-7-11(9-14(2,8-10)15(16,17)18)23-21-13(20-22-23)12-5-3-4-6-19-12/h3-8H,9H2,1-2H3. The smallest absolute Gasteiger partial charge is 0.253 e. The molecular formula is C15H14F3N5. The first-order valence-electron chi connectivity index (χ1n) is 6.97. The number of tetrazole rings is 1. The van der Waals surface area contributed by atoms with Crippen molar-refractivity contribution in [3.8, 4) is 11.5 Å². The number of allylic oxidation sites excluding steroid dienone is 4. The Morgan fingerprint density at radius 1 is 1.26 bits per heavy atom. The lowest BCUT2D eigenvalue weighted by Gasteiger charge is -2.32. The molecule has 0 N–H and O–H groups in total. The molecule has 2 heterocycles. The van der Waals surface area contributed by atoms with Crippen LogP contribution in [0.3, 0.4) is 0 Å². The lowest BCUT2D eigenvalue weighted by atomic mass is 9.79. The van der Waals surface area contributed by atoms with Crippen LogP contribution in [0, 0.1) is 5.41 Å². The highest BCUT2D eigenvalue weighted by molar-refractivity contribution is 5.55. The third-order valence-electron chi connectivity index (χ3n) is 3.70. The number of rotatable bonds is 2. The second-order valence-electron chi connectivity index (χ2n) is 5.73. The Labute approximate surface area is 130 Å². The van der Waals surface area contributed by atoms with Gasteiger partial charge in [0.1, 0.15) is 5.69 Å². The first-order chi connectivity index (χ1) is 10.8.